The second-order valence-electron chi connectivity index (χ2n) is 8.61. The van der Waals surface area contributed by atoms with Crippen LogP contribution in [-0.2, 0) is 6.54 Å². The van der Waals surface area contributed by atoms with Crippen LogP contribution in [0.2, 0.25) is 0 Å². The minimum absolute atomic E-state index is 0.730. The molecule has 0 radical (unpaired) electrons. The maximum Gasteiger partial charge on any atom is 0.0701 e. The number of nitrogens with zero attached hydrogens (tertiary/aromatic N) is 4. The van der Waals surface area contributed by atoms with Crippen LogP contribution >= 0.6 is 0 Å². The molecule has 2 aliphatic rings. The maximum absolute atomic E-state index is 4.44. The van der Waals surface area contributed by atoms with Gasteiger partial charge < -0.3 is 4.90 Å². The third-order valence-electron chi connectivity index (χ3n) is 6.75. The Morgan fingerprint density at radius 1 is 0.929 bits per heavy atom. The minimum Gasteiger partial charge on any atom is -0.304 e. The molecule has 4 rings (SSSR count). The summed E-state index contributed by atoms with van der Waals surface area (Å²) in [6, 6.07) is 15.8. The molecule has 4 heteroatoms. The Labute approximate surface area is 170 Å². The molecule has 1 unspecified atom stereocenters. The molecular weight excluding hydrogens is 344 g/mol. The van der Waals surface area contributed by atoms with Gasteiger partial charge in [-0.25, -0.2) is 0 Å². The van der Waals surface area contributed by atoms with Crippen LogP contribution in [0, 0.1) is 5.92 Å². The molecule has 0 aliphatic carbocycles. The number of aromatic nitrogens is 1. The van der Waals surface area contributed by atoms with Gasteiger partial charge in [0.1, 0.15) is 0 Å². The second-order valence-corrected chi connectivity index (χ2v) is 8.61. The lowest BCUT2D eigenvalue weighted by Gasteiger charge is -2.42. The number of likely N-dealkylation sites (N-methyl/N-ethyl adjacent to an activating group) is 1. The predicted octanol–water partition coefficient (Wildman–Crippen LogP) is 3.60. The molecule has 2 fully saturated rings. The normalized spacial score (nSPS) is 21.6. The van der Waals surface area contributed by atoms with Crippen LogP contribution in [0.4, 0.5) is 0 Å². The number of pyridine rings is 1. The standard InChI is InChI=1S/C24H34N4/c1-20(28-17-15-26(2)16-18-28)22-10-13-27(14-11-22)19-21-6-8-23(9-7-21)24-5-3-4-12-25-24/h3-9,12,20,22H,10-11,13-19H2,1-2H3. The highest BCUT2D eigenvalue weighted by Gasteiger charge is 2.29. The predicted molar refractivity (Wildman–Crippen MR) is 116 cm³/mol. The van der Waals surface area contributed by atoms with Crippen molar-refractivity contribution in [2.75, 3.05) is 46.3 Å². The lowest BCUT2D eigenvalue weighted by Crippen LogP contribution is -2.51. The third-order valence-corrected chi connectivity index (χ3v) is 6.75. The fourth-order valence-electron chi connectivity index (χ4n) is 4.69. The minimum atomic E-state index is 0.730. The van der Waals surface area contributed by atoms with E-state index in [9.17, 15) is 0 Å². The van der Waals surface area contributed by atoms with Gasteiger partial charge in [0.2, 0.25) is 0 Å². The Bertz CT molecular complexity index is 714. The summed E-state index contributed by atoms with van der Waals surface area (Å²) in [5.74, 6) is 0.853. The van der Waals surface area contributed by atoms with E-state index < -0.39 is 0 Å². The van der Waals surface area contributed by atoms with Crippen molar-refractivity contribution < 1.29 is 0 Å². The zero-order valence-corrected chi connectivity index (χ0v) is 17.4. The molecule has 0 N–H and O–H groups in total. The number of hydrogen-bond donors (Lipinski definition) is 0. The molecule has 0 amide bonds. The zero-order valence-electron chi connectivity index (χ0n) is 17.4. The van der Waals surface area contributed by atoms with Gasteiger partial charge in [-0.2, -0.15) is 0 Å². The van der Waals surface area contributed by atoms with Gasteiger partial charge in [0.15, 0.2) is 0 Å². The first-order valence-corrected chi connectivity index (χ1v) is 10.8. The summed E-state index contributed by atoms with van der Waals surface area (Å²) in [6.45, 7) is 10.9. The van der Waals surface area contributed by atoms with Crippen LogP contribution in [0.25, 0.3) is 11.3 Å². The first-order valence-electron chi connectivity index (χ1n) is 10.8. The fourth-order valence-corrected chi connectivity index (χ4v) is 4.69. The molecule has 1 atom stereocenters. The SMILES string of the molecule is CC(C1CCN(Cc2ccc(-c3ccccn3)cc2)CC1)N1CCN(C)CC1. The van der Waals surface area contributed by atoms with Gasteiger partial charge in [-0.1, -0.05) is 30.3 Å². The molecule has 150 valence electrons. The molecule has 3 heterocycles. The van der Waals surface area contributed by atoms with Crippen molar-refractivity contribution in [1.82, 2.24) is 19.7 Å². The number of hydrogen-bond acceptors (Lipinski definition) is 4. The van der Waals surface area contributed by atoms with E-state index in [0.29, 0.717) is 0 Å². The highest BCUT2D eigenvalue weighted by molar-refractivity contribution is 5.58. The van der Waals surface area contributed by atoms with Gasteiger partial charge >= 0.3 is 0 Å². The van der Waals surface area contributed by atoms with E-state index in [0.717, 1.165) is 24.2 Å². The first kappa shape index (κ1) is 19.6. The van der Waals surface area contributed by atoms with Crippen molar-refractivity contribution in [3.05, 3.63) is 54.2 Å². The molecule has 0 bridgehead atoms. The quantitative estimate of drug-likeness (QED) is 0.793. The summed E-state index contributed by atoms with van der Waals surface area (Å²) < 4.78 is 0. The summed E-state index contributed by atoms with van der Waals surface area (Å²) in [5.41, 5.74) is 3.65. The maximum atomic E-state index is 4.44. The highest BCUT2D eigenvalue weighted by Crippen LogP contribution is 2.26. The van der Waals surface area contributed by atoms with Crippen molar-refractivity contribution in [2.45, 2.75) is 32.4 Å². The Balaban J connectivity index is 1.26. The summed E-state index contributed by atoms with van der Waals surface area (Å²) >= 11 is 0. The molecule has 4 nitrogen and oxygen atoms in total. The topological polar surface area (TPSA) is 22.6 Å². The summed E-state index contributed by atoms with van der Waals surface area (Å²) in [7, 11) is 2.24. The average Bonchev–Trinajstić information content (AvgIpc) is 2.75. The first-order chi connectivity index (χ1) is 13.7. The Morgan fingerprint density at radius 2 is 1.64 bits per heavy atom. The Hall–Kier alpha value is -1.75. The van der Waals surface area contributed by atoms with Crippen LogP contribution in [0.3, 0.4) is 0 Å². The highest BCUT2D eigenvalue weighted by atomic mass is 15.3. The molecule has 1 aromatic carbocycles. The van der Waals surface area contributed by atoms with Gasteiger partial charge in [0, 0.05) is 50.5 Å². The van der Waals surface area contributed by atoms with Crippen molar-refractivity contribution >= 4 is 0 Å². The van der Waals surface area contributed by atoms with Crippen molar-refractivity contribution in [1.29, 1.82) is 0 Å². The Kier molecular flexibility index (Phi) is 6.40. The molecule has 2 saturated heterocycles. The molecule has 2 aromatic rings. The molecular formula is C24H34N4. The summed E-state index contributed by atoms with van der Waals surface area (Å²) in [5, 5.41) is 0. The summed E-state index contributed by atoms with van der Waals surface area (Å²) in [6.07, 6.45) is 4.52. The lowest BCUT2D eigenvalue weighted by molar-refractivity contribution is 0.0598. The summed E-state index contributed by atoms with van der Waals surface area (Å²) in [4.78, 5) is 12.2. The van der Waals surface area contributed by atoms with Crippen molar-refractivity contribution in [3.8, 4) is 11.3 Å². The van der Waals surface area contributed by atoms with Gasteiger partial charge in [-0.15, -0.1) is 0 Å². The van der Waals surface area contributed by atoms with Crippen LogP contribution < -0.4 is 0 Å². The van der Waals surface area contributed by atoms with E-state index in [1.807, 2.05) is 18.3 Å². The number of likely N-dealkylation sites (tertiary alicyclic amines) is 1. The van der Waals surface area contributed by atoms with Gasteiger partial charge in [0.25, 0.3) is 0 Å². The van der Waals surface area contributed by atoms with Gasteiger partial charge in [-0.05, 0) is 63.5 Å². The number of piperidine rings is 1. The number of rotatable bonds is 5. The zero-order chi connectivity index (χ0) is 19.3. The average molecular weight is 379 g/mol. The van der Waals surface area contributed by atoms with Gasteiger partial charge in [0.05, 0.1) is 5.69 Å². The van der Waals surface area contributed by atoms with E-state index >= 15 is 0 Å². The largest absolute Gasteiger partial charge is 0.304 e. The van der Waals surface area contributed by atoms with Crippen LogP contribution in [-0.4, -0.2) is 72.0 Å². The number of piperazine rings is 1. The van der Waals surface area contributed by atoms with E-state index in [1.165, 1.54) is 63.2 Å². The second kappa shape index (κ2) is 9.17. The van der Waals surface area contributed by atoms with E-state index in [4.69, 9.17) is 0 Å². The molecule has 0 saturated carbocycles. The van der Waals surface area contributed by atoms with E-state index in [1.54, 1.807) is 0 Å². The smallest absolute Gasteiger partial charge is 0.0701 e. The fraction of sp³-hybridized carbons (Fsp3) is 0.542. The molecule has 1 aromatic heterocycles. The van der Waals surface area contributed by atoms with Crippen molar-refractivity contribution in [2.24, 2.45) is 5.92 Å². The van der Waals surface area contributed by atoms with Crippen LogP contribution in [0.5, 0.6) is 0 Å². The monoisotopic (exact) mass is 378 g/mol. The molecule has 2 aliphatic heterocycles. The van der Waals surface area contributed by atoms with Crippen molar-refractivity contribution in [3.63, 3.8) is 0 Å². The third kappa shape index (κ3) is 4.80. The van der Waals surface area contributed by atoms with E-state index in [-0.39, 0.29) is 0 Å². The Morgan fingerprint density at radius 3 is 2.29 bits per heavy atom. The lowest BCUT2D eigenvalue weighted by atomic mass is 9.89. The van der Waals surface area contributed by atoms with Gasteiger partial charge in [-0.3, -0.25) is 14.8 Å². The number of benzene rings is 1. The van der Waals surface area contributed by atoms with E-state index in [2.05, 4.69) is 64.0 Å². The van der Waals surface area contributed by atoms with Crippen LogP contribution in [0.1, 0.15) is 25.3 Å². The molecule has 28 heavy (non-hydrogen) atoms. The van der Waals surface area contributed by atoms with Crippen LogP contribution in [0.15, 0.2) is 48.7 Å². The molecule has 0 spiro atoms.